The van der Waals surface area contributed by atoms with E-state index in [-0.39, 0.29) is 12.6 Å². The Morgan fingerprint density at radius 3 is 2.76 bits per heavy atom. The van der Waals surface area contributed by atoms with Crippen LogP contribution in [0.25, 0.3) is 0 Å². The third-order valence-electron chi connectivity index (χ3n) is 4.58. The van der Waals surface area contributed by atoms with Gasteiger partial charge in [0.15, 0.2) is 0 Å². The summed E-state index contributed by atoms with van der Waals surface area (Å²) >= 11 is 0. The molecule has 2 amide bonds. The van der Waals surface area contributed by atoms with Gasteiger partial charge in [0.05, 0.1) is 12.9 Å². The van der Waals surface area contributed by atoms with Crippen LogP contribution in [0.2, 0.25) is 0 Å². The monoisotopic (exact) mass is 447 g/mol. The van der Waals surface area contributed by atoms with Gasteiger partial charge in [0.2, 0.25) is 5.88 Å². The highest BCUT2D eigenvalue weighted by Gasteiger charge is 2.09. The summed E-state index contributed by atoms with van der Waals surface area (Å²) in [5.74, 6) is 0.959. The minimum atomic E-state index is -0.406. The molecule has 0 bridgehead atoms. The lowest BCUT2D eigenvalue weighted by Crippen LogP contribution is -2.28. The minimum Gasteiger partial charge on any atom is -0.467 e. The average Bonchev–Trinajstić information content (AvgIpc) is 3.32. The number of rotatable bonds is 9. The summed E-state index contributed by atoms with van der Waals surface area (Å²) in [5.41, 5.74) is 2.20. The third kappa shape index (κ3) is 6.65. The van der Waals surface area contributed by atoms with Crippen molar-refractivity contribution in [3.63, 3.8) is 0 Å². The molecule has 0 atom stereocenters. The predicted molar refractivity (Wildman–Crippen MR) is 120 cm³/mol. The van der Waals surface area contributed by atoms with E-state index in [0.29, 0.717) is 36.1 Å². The molecule has 0 fully saturated rings. The highest BCUT2D eigenvalue weighted by molar-refractivity contribution is 5.89. The maximum absolute atomic E-state index is 13.4. The first-order valence-electron chi connectivity index (χ1n) is 10.3. The van der Waals surface area contributed by atoms with Crippen LogP contribution in [-0.2, 0) is 24.5 Å². The van der Waals surface area contributed by atoms with Gasteiger partial charge in [-0.25, -0.2) is 14.2 Å². The van der Waals surface area contributed by atoms with Gasteiger partial charge in [0.25, 0.3) is 0 Å². The first-order chi connectivity index (χ1) is 16.2. The highest BCUT2D eigenvalue weighted by Crippen LogP contribution is 2.23. The van der Waals surface area contributed by atoms with Gasteiger partial charge < -0.3 is 24.5 Å². The largest absolute Gasteiger partial charge is 0.467 e. The Hall–Kier alpha value is -4.17. The molecule has 168 valence electrons. The number of furan rings is 1. The maximum Gasteiger partial charge on any atom is 0.319 e. The Morgan fingerprint density at radius 1 is 1.00 bits per heavy atom. The normalized spacial score (nSPS) is 10.6. The van der Waals surface area contributed by atoms with Crippen LogP contribution in [0, 0.1) is 5.82 Å². The van der Waals surface area contributed by atoms with E-state index in [1.54, 1.807) is 42.8 Å². The first kappa shape index (κ1) is 22.0. The minimum absolute atomic E-state index is 0.177. The zero-order valence-electron chi connectivity index (χ0n) is 17.7. The fourth-order valence-electron chi connectivity index (χ4n) is 3.05. The lowest BCUT2D eigenvalue weighted by Gasteiger charge is -2.12. The molecule has 4 aromatic rings. The Balaban J connectivity index is 1.30. The smallest absolute Gasteiger partial charge is 0.319 e. The van der Waals surface area contributed by atoms with Crippen molar-refractivity contribution < 1.29 is 23.1 Å². The number of ether oxygens (including phenoxy) is 2. The lowest BCUT2D eigenvalue weighted by molar-refractivity contribution is 0.0930. The van der Waals surface area contributed by atoms with Crippen molar-refractivity contribution in [2.75, 3.05) is 5.32 Å². The number of nitrogens with zero attached hydrogens (tertiary/aromatic N) is 1. The molecule has 0 aliphatic rings. The number of aromatic nitrogens is 1. The van der Waals surface area contributed by atoms with Crippen LogP contribution in [-0.4, -0.2) is 11.0 Å². The van der Waals surface area contributed by atoms with E-state index in [9.17, 15) is 9.18 Å². The molecule has 0 aliphatic carbocycles. The molecular formula is C25H22FN3O4. The van der Waals surface area contributed by atoms with Crippen molar-refractivity contribution >= 4 is 11.7 Å². The van der Waals surface area contributed by atoms with Crippen molar-refractivity contribution in [3.05, 3.63) is 108 Å². The molecule has 0 aliphatic heterocycles. The molecule has 0 radical (unpaired) electrons. The standard InChI is InChI=1S/C25H22FN3O4/c26-20-7-2-9-22(14-20)33-24-19(6-3-11-27-24)15-28-25(30)29-21-8-1-5-18(13-21)16-31-17-23-10-4-12-32-23/h1-14H,15-17H2,(H2,28,29,30). The molecule has 7 nitrogen and oxygen atoms in total. The molecular weight excluding hydrogens is 425 g/mol. The molecule has 0 unspecified atom stereocenters. The van der Waals surface area contributed by atoms with Gasteiger partial charge in [0.1, 0.15) is 23.9 Å². The molecule has 0 spiro atoms. The summed E-state index contributed by atoms with van der Waals surface area (Å²) in [4.78, 5) is 16.6. The second-order valence-electron chi connectivity index (χ2n) is 7.11. The second-order valence-corrected chi connectivity index (χ2v) is 7.11. The van der Waals surface area contributed by atoms with Crippen molar-refractivity contribution in [2.45, 2.75) is 19.8 Å². The summed E-state index contributed by atoms with van der Waals surface area (Å²) < 4.78 is 30.0. The van der Waals surface area contributed by atoms with Gasteiger partial charge in [-0.15, -0.1) is 0 Å². The average molecular weight is 447 g/mol. The molecule has 0 saturated carbocycles. The van der Waals surface area contributed by atoms with Crippen LogP contribution >= 0.6 is 0 Å². The van der Waals surface area contributed by atoms with Crippen LogP contribution in [0.5, 0.6) is 11.6 Å². The van der Waals surface area contributed by atoms with Crippen molar-refractivity contribution in [1.29, 1.82) is 0 Å². The number of anilines is 1. The number of urea groups is 1. The van der Waals surface area contributed by atoms with E-state index in [1.807, 2.05) is 30.3 Å². The van der Waals surface area contributed by atoms with E-state index in [1.165, 1.54) is 12.1 Å². The van der Waals surface area contributed by atoms with Crippen LogP contribution in [0.1, 0.15) is 16.9 Å². The highest BCUT2D eigenvalue weighted by atomic mass is 19.1. The van der Waals surface area contributed by atoms with E-state index in [0.717, 1.165) is 11.3 Å². The predicted octanol–water partition coefficient (Wildman–Crippen LogP) is 5.64. The van der Waals surface area contributed by atoms with Gasteiger partial charge in [-0.2, -0.15) is 0 Å². The van der Waals surface area contributed by atoms with Gasteiger partial charge in [-0.05, 0) is 48.0 Å². The van der Waals surface area contributed by atoms with Crippen molar-refractivity contribution in [1.82, 2.24) is 10.3 Å². The molecule has 2 heterocycles. The van der Waals surface area contributed by atoms with E-state index in [2.05, 4.69) is 15.6 Å². The van der Waals surface area contributed by atoms with Crippen molar-refractivity contribution in [3.8, 4) is 11.6 Å². The molecule has 4 rings (SSSR count). The number of halogens is 1. The van der Waals surface area contributed by atoms with Gasteiger partial charge >= 0.3 is 6.03 Å². The number of carbonyl (C=O) groups excluding carboxylic acids is 1. The molecule has 2 N–H and O–H groups in total. The van der Waals surface area contributed by atoms with Crippen LogP contribution in [0.3, 0.4) is 0 Å². The third-order valence-corrected chi connectivity index (χ3v) is 4.58. The zero-order chi connectivity index (χ0) is 22.9. The van der Waals surface area contributed by atoms with E-state index < -0.39 is 5.82 Å². The maximum atomic E-state index is 13.4. The SMILES string of the molecule is O=C(NCc1cccnc1Oc1cccc(F)c1)Nc1cccc(COCc2ccco2)c1. The Labute approximate surface area is 190 Å². The topological polar surface area (TPSA) is 85.6 Å². The zero-order valence-corrected chi connectivity index (χ0v) is 17.7. The molecule has 2 aromatic carbocycles. The second kappa shape index (κ2) is 10.9. The number of carbonyl (C=O) groups is 1. The molecule has 33 heavy (non-hydrogen) atoms. The summed E-state index contributed by atoms with van der Waals surface area (Å²) in [6.07, 6.45) is 3.17. The number of hydrogen-bond acceptors (Lipinski definition) is 5. The summed E-state index contributed by atoms with van der Waals surface area (Å²) in [5, 5.41) is 5.58. The summed E-state index contributed by atoms with van der Waals surface area (Å²) in [6, 6.07) is 19.9. The van der Waals surface area contributed by atoms with Crippen LogP contribution < -0.4 is 15.4 Å². The Kier molecular flexibility index (Phi) is 7.29. The molecule has 0 saturated heterocycles. The van der Waals surface area contributed by atoms with Crippen LogP contribution in [0.4, 0.5) is 14.9 Å². The Bertz CT molecular complexity index is 1200. The summed E-state index contributed by atoms with van der Waals surface area (Å²) in [7, 11) is 0. The summed E-state index contributed by atoms with van der Waals surface area (Å²) in [6.45, 7) is 0.931. The van der Waals surface area contributed by atoms with Crippen molar-refractivity contribution in [2.24, 2.45) is 0 Å². The molecule has 8 heteroatoms. The van der Waals surface area contributed by atoms with Gasteiger partial charge in [0, 0.05) is 30.1 Å². The number of nitrogens with one attached hydrogen (secondary N) is 2. The van der Waals surface area contributed by atoms with E-state index in [4.69, 9.17) is 13.9 Å². The fourth-order valence-corrected chi connectivity index (χ4v) is 3.05. The number of amides is 2. The lowest BCUT2D eigenvalue weighted by atomic mass is 10.2. The first-order valence-corrected chi connectivity index (χ1v) is 10.3. The van der Waals surface area contributed by atoms with E-state index >= 15 is 0 Å². The number of benzene rings is 2. The number of pyridine rings is 1. The quantitative estimate of drug-likeness (QED) is 0.347. The van der Waals surface area contributed by atoms with Crippen LogP contribution in [0.15, 0.2) is 89.7 Å². The molecule has 2 aromatic heterocycles. The fraction of sp³-hybridized carbons (Fsp3) is 0.120. The Morgan fingerprint density at radius 2 is 1.91 bits per heavy atom. The van der Waals surface area contributed by atoms with Gasteiger partial charge in [-0.1, -0.05) is 24.3 Å². The number of hydrogen-bond donors (Lipinski definition) is 2. The van der Waals surface area contributed by atoms with Gasteiger partial charge in [-0.3, -0.25) is 0 Å².